The summed E-state index contributed by atoms with van der Waals surface area (Å²) in [5.74, 6) is -0.914. The van der Waals surface area contributed by atoms with E-state index in [1.165, 1.54) is 6.08 Å². The number of aliphatic carboxylic acids is 1. The first kappa shape index (κ1) is 11.0. The molecule has 0 aromatic heterocycles. The molecule has 2 aliphatic rings. The van der Waals surface area contributed by atoms with Crippen LogP contribution in [0.25, 0.3) is 0 Å². The van der Waals surface area contributed by atoms with Gasteiger partial charge in [0.25, 0.3) is 0 Å². The first-order valence-electron chi connectivity index (χ1n) is 5.34. The van der Waals surface area contributed by atoms with Crippen LogP contribution in [-0.2, 0) is 9.53 Å². The zero-order valence-corrected chi connectivity index (χ0v) is 8.94. The number of carboxylic acid groups (broad SMARTS) is 1. The maximum Gasteiger partial charge on any atom is 0.407 e. The smallest absolute Gasteiger partial charge is 0.407 e. The number of alkyl carbamates (subject to hydrolysis) is 1. The van der Waals surface area contributed by atoms with Crippen molar-refractivity contribution in [2.45, 2.75) is 25.3 Å². The van der Waals surface area contributed by atoms with Crippen LogP contribution in [0.15, 0.2) is 12.7 Å². The predicted molar refractivity (Wildman–Crippen MR) is 55.9 cm³/mol. The molecule has 0 saturated heterocycles. The van der Waals surface area contributed by atoms with Gasteiger partial charge in [0.05, 0.1) is 5.92 Å². The van der Waals surface area contributed by atoms with Gasteiger partial charge in [-0.3, -0.25) is 4.79 Å². The van der Waals surface area contributed by atoms with Crippen LogP contribution in [0.2, 0.25) is 0 Å². The van der Waals surface area contributed by atoms with E-state index >= 15 is 0 Å². The van der Waals surface area contributed by atoms with Crippen LogP contribution in [-0.4, -0.2) is 29.8 Å². The molecule has 1 atom stereocenters. The van der Waals surface area contributed by atoms with Crippen LogP contribution >= 0.6 is 0 Å². The molecule has 2 saturated carbocycles. The summed E-state index contributed by atoms with van der Waals surface area (Å²) in [6.45, 7) is 3.63. The largest absolute Gasteiger partial charge is 0.481 e. The van der Waals surface area contributed by atoms with Crippen LogP contribution in [0.3, 0.4) is 0 Å². The van der Waals surface area contributed by atoms with Crippen molar-refractivity contribution >= 4 is 12.1 Å². The Kier molecular flexibility index (Phi) is 2.61. The van der Waals surface area contributed by atoms with Gasteiger partial charge in [0.15, 0.2) is 0 Å². The number of carboxylic acids is 1. The zero-order chi connectivity index (χ0) is 11.8. The first-order chi connectivity index (χ1) is 7.57. The SMILES string of the molecule is C=CCOC(=O)NC1CC2(C1)CC2C(=O)O. The fourth-order valence-electron chi connectivity index (χ4n) is 2.51. The van der Waals surface area contributed by atoms with E-state index < -0.39 is 12.1 Å². The number of ether oxygens (including phenoxy) is 1. The van der Waals surface area contributed by atoms with E-state index in [-0.39, 0.29) is 24.0 Å². The van der Waals surface area contributed by atoms with Gasteiger partial charge in [0.1, 0.15) is 6.61 Å². The quantitative estimate of drug-likeness (QED) is 0.704. The molecule has 1 amide bonds. The van der Waals surface area contributed by atoms with Crippen molar-refractivity contribution in [3.63, 3.8) is 0 Å². The molecule has 0 aromatic rings. The Bertz CT molecular complexity index is 333. The number of amides is 1. The van der Waals surface area contributed by atoms with E-state index in [0.29, 0.717) is 0 Å². The predicted octanol–water partition coefficient (Wildman–Crippen LogP) is 1.15. The topological polar surface area (TPSA) is 75.6 Å². The minimum absolute atomic E-state index is 0.0256. The molecule has 1 unspecified atom stereocenters. The van der Waals surface area contributed by atoms with E-state index in [1.807, 2.05) is 0 Å². The van der Waals surface area contributed by atoms with Crippen molar-refractivity contribution in [3.8, 4) is 0 Å². The average Bonchev–Trinajstić information content (AvgIpc) is 2.89. The fraction of sp³-hybridized carbons (Fsp3) is 0.636. The van der Waals surface area contributed by atoms with E-state index in [0.717, 1.165) is 19.3 Å². The third kappa shape index (κ3) is 1.89. The first-order valence-corrected chi connectivity index (χ1v) is 5.34. The fourth-order valence-corrected chi connectivity index (χ4v) is 2.51. The van der Waals surface area contributed by atoms with Gasteiger partial charge in [0, 0.05) is 6.04 Å². The van der Waals surface area contributed by atoms with Crippen LogP contribution in [0.4, 0.5) is 4.79 Å². The Morgan fingerprint density at radius 3 is 2.69 bits per heavy atom. The molecular formula is C11H15NO4. The second-order valence-corrected chi connectivity index (χ2v) is 4.59. The molecule has 0 aromatic carbocycles. The molecule has 2 fully saturated rings. The molecule has 2 rings (SSSR count). The van der Waals surface area contributed by atoms with Crippen LogP contribution in [0, 0.1) is 11.3 Å². The van der Waals surface area contributed by atoms with Gasteiger partial charge in [-0.1, -0.05) is 12.7 Å². The molecule has 16 heavy (non-hydrogen) atoms. The number of nitrogens with one attached hydrogen (secondary N) is 1. The van der Waals surface area contributed by atoms with Crippen molar-refractivity contribution in [2.24, 2.45) is 11.3 Å². The highest BCUT2D eigenvalue weighted by Crippen LogP contribution is 2.65. The molecule has 88 valence electrons. The number of carbonyl (C=O) groups is 2. The van der Waals surface area contributed by atoms with E-state index in [2.05, 4.69) is 11.9 Å². The Morgan fingerprint density at radius 1 is 1.50 bits per heavy atom. The summed E-state index contributed by atoms with van der Waals surface area (Å²) in [6, 6.07) is 0.0710. The van der Waals surface area contributed by atoms with E-state index in [1.54, 1.807) is 0 Å². The molecule has 5 nitrogen and oxygen atoms in total. The van der Waals surface area contributed by atoms with Crippen LogP contribution in [0.5, 0.6) is 0 Å². The molecule has 1 spiro atoms. The highest BCUT2D eigenvalue weighted by atomic mass is 16.5. The Hall–Kier alpha value is -1.52. The molecule has 0 bridgehead atoms. The lowest BCUT2D eigenvalue weighted by atomic mass is 9.75. The second kappa shape index (κ2) is 3.81. The van der Waals surface area contributed by atoms with Crippen molar-refractivity contribution in [2.75, 3.05) is 6.61 Å². The summed E-state index contributed by atoms with van der Waals surface area (Å²) in [5, 5.41) is 11.5. The number of carbonyl (C=O) groups excluding carboxylic acids is 1. The monoisotopic (exact) mass is 225 g/mol. The minimum atomic E-state index is -0.715. The molecular weight excluding hydrogens is 210 g/mol. The minimum Gasteiger partial charge on any atom is -0.481 e. The van der Waals surface area contributed by atoms with Gasteiger partial charge < -0.3 is 15.2 Å². The lowest BCUT2D eigenvalue weighted by Gasteiger charge is -2.36. The van der Waals surface area contributed by atoms with Crippen molar-refractivity contribution in [1.29, 1.82) is 0 Å². The summed E-state index contributed by atoms with van der Waals surface area (Å²) >= 11 is 0. The molecule has 0 aliphatic heterocycles. The van der Waals surface area contributed by atoms with Gasteiger partial charge in [-0.2, -0.15) is 0 Å². The lowest BCUT2D eigenvalue weighted by molar-refractivity contribution is -0.140. The zero-order valence-electron chi connectivity index (χ0n) is 8.94. The third-order valence-electron chi connectivity index (χ3n) is 3.45. The highest BCUT2D eigenvalue weighted by molar-refractivity contribution is 5.75. The molecule has 5 heteroatoms. The summed E-state index contributed by atoms with van der Waals surface area (Å²) in [5.41, 5.74) is -0.0256. The number of hydrogen-bond donors (Lipinski definition) is 2. The average molecular weight is 225 g/mol. The summed E-state index contributed by atoms with van der Waals surface area (Å²) in [7, 11) is 0. The van der Waals surface area contributed by atoms with Crippen molar-refractivity contribution < 1.29 is 19.4 Å². The summed E-state index contributed by atoms with van der Waals surface area (Å²) in [4.78, 5) is 21.9. The van der Waals surface area contributed by atoms with E-state index in [4.69, 9.17) is 9.84 Å². The number of hydrogen-bond acceptors (Lipinski definition) is 3. The van der Waals surface area contributed by atoms with Gasteiger partial charge in [-0.15, -0.1) is 0 Å². The van der Waals surface area contributed by atoms with Gasteiger partial charge in [-0.05, 0) is 24.7 Å². The van der Waals surface area contributed by atoms with E-state index in [9.17, 15) is 9.59 Å². The van der Waals surface area contributed by atoms with Crippen molar-refractivity contribution in [1.82, 2.24) is 5.32 Å². The Labute approximate surface area is 93.5 Å². The lowest BCUT2D eigenvalue weighted by Crippen LogP contribution is -2.46. The van der Waals surface area contributed by atoms with Gasteiger partial charge in [-0.25, -0.2) is 4.79 Å². The normalized spacial score (nSPS) is 35.0. The second-order valence-electron chi connectivity index (χ2n) is 4.59. The molecule has 0 heterocycles. The Balaban J connectivity index is 1.68. The maximum atomic E-state index is 11.2. The van der Waals surface area contributed by atoms with Gasteiger partial charge in [0.2, 0.25) is 0 Å². The number of rotatable bonds is 4. The molecule has 2 N–H and O–H groups in total. The van der Waals surface area contributed by atoms with Crippen molar-refractivity contribution in [3.05, 3.63) is 12.7 Å². The Morgan fingerprint density at radius 2 is 2.19 bits per heavy atom. The summed E-state index contributed by atoms with van der Waals surface area (Å²) in [6.07, 6.45) is 3.32. The summed E-state index contributed by atoms with van der Waals surface area (Å²) < 4.78 is 4.78. The maximum absolute atomic E-state index is 11.2. The van der Waals surface area contributed by atoms with Gasteiger partial charge >= 0.3 is 12.1 Å². The molecule has 2 aliphatic carbocycles. The molecule has 0 radical (unpaired) electrons. The van der Waals surface area contributed by atoms with Crippen LogP contribution < -0.4 is 5.32 Å². The standard InChI is InChI=1S/C11H15NO4/c1-2-3-16-10(15)12-7-4-11(5-7)6-8(11)9(13)14/h2,7-8H,1,3-6H2,(H,12,15)(H,13,14). The van der Waals surface area contributed by atoms with Crippen LogP contribution in [0.1, 0.15) is 19.3 Å². The third-order valence-corrected chi connectivity index (χ3v) is 3.45. The highest BCUT2D eigenvalue weighted by Gasteiger charge is 2.65.